The minimum absolute atomic E-state index is 0.234. The summed E-state index contributed by atoms with van der Waals surface area (Å²) < 4.78 is 10.6. The zero-order valence-corrected chi connectivity index (χ0v) is 12.0. The highest BCUT2D eigenvalue weighted by atomic mass is 16.7. The summed E-state index contributed by atoms with van der Waals surface area (Å²) in [5, 5.41) is 12.4. The maximum Gasteiger partial charge on any atom is 0.321 e. The second-order valence-electron chi connectivity index (χ2n) is 5.15. The first-order valence-corrected chi connectivity index (χ1v) is 7.11. The van der Waals surface area contributed by atoms with E-state index in [1.54, 1.807) is 0 Å². The van der Waals surface area contributed by atoms with Gasteiger partial charge >= 0.3 is 5.97 Å². The van der Waals surface area contributed by atoms with Gasteiger partial charge in [0.2, 0.25) is 6.79 Å². The normalized spacial score (nSPS) is 13.8. The summed E-state index contributed by atoms with van der Waals surface area (Å²) in [6, 6.07) is 14.6. The lowest BCUT2D eigenvalue weighted by molar-refractivity contribution is -0.139. The molecule has 0 bridgehead atoms. The highest BCUT2D eigenvalue weighted by Crippen LogP contribution is 2.32. The van der Waals surface area contributed by atoms with Gasteiger partial charge < -0.3 is 19.9 Å². The van der Waals surface area contributed by atoms with E-state index in [2.05, 4.69) is 5.32 Å². The molecule has 5 heteroatoms. The number of nitrogens with one attached hydrogen (secondary N) is 1. The Morgan fingerprint density at radius 3 is 2.64 bits per heavy atom. The lowest BCUT2D eigenvalue weighted by atomic mass is 10.1. The van der Waals surface area contributed by atoms with Gasteiger partial charge in [-0.3, -0.25) is 4.79 Å². The molecule has 2 aromatic rings. The molecule has 0 spiro atoms. The molecule has 1 atom stereocenters. The molecule has 0 saturated carbocycles. The number of rotatable bonds is 6. The number of ether oxygens (including phenoxy) is 2. The summed E-state index contributed by atoms with van der Waals surface area (Å²) in [6.45, 7) is 0.693. The quantitative estimate of drug-likeness (QED) is 0.856. The molecule has 2 N–H and O–H groups in total. The van der Waals surface area contributed by atoms with Crippen molar-refractivity contribution < 1.29 is 19.4 Å². The molecule has 0 saturated heterocycles. The zero-order chi connectivity index (χ0) is 15.4. The SMILES string of the molecule is O=C(O)[C@H](Cc1ccccc1)NCc1ccc2c(c1)OCO2. The van der Waals surface area contributed by atoms with Crippen molar-refractivity contribution in [2.75, 3.05) is 6.79 Å². The summed E-state index contributed by atoms with van der Waals surface area (Å²) in [6.07, 6.45) is 0.445. The van der Waals surface area contributed by atoms with Crippen LogP contribution in [-0.2, 0) is 17.8 Å². The van der Waals surface area contributed by atoms with Crippen LogP contribution in [0.3, 0.4) is 0 Å². The van der Waals surface area contributed by atoms with Crippen LogP contribution in [0.4, 0.5) is 0 Å². The van der Waals surface area contributed by atoms with Gasteiger partial charge in [0.25, 0.3) is 0 Å². The summed E-state index contributed by atoms with van der Waals surface area (Å²) >= 11 is 0. The third-order valence-electron chi connectivity index (χ3n) is 3.57. The minimum atomic E-state index is -0.857. The predicted molar refractivity (Wildman–Crippen MR) is 81.0 cm³/mol. The summed E-state index contributed by atoms with van der Waals surface area (Å²) in [4.78, 5) is 11.4. The number of hydrogen-bond donors (Lipinski definition) is 2. The van der Waals surface area contributed by atoms with Gasteiger partial charge in [-0.1, -0.05) is 36.4 Å². The van der Waals surface area contributed by atoms with Gasteiger partial charge in [0.15, 0.2) is 11.5 Å². The van der Waals surface area contributed by atoms with Crippen molar-refractivity contribution in [1.29, 1.82) is 0 Å². The van der Waals surface area contributed by atoms with Crippen LogP contribution in [0.15, 0.2) is 48.5 Å². The number of carbonyl (C=O) groups is 1. The third kappa shape index (κ3) is 3.38. The molecule has 0 aromatic heterocycles. The molecule has 2 aromatic carbocycles. The van der Waals surface area contributed by atoms with Crippen LogP contribution in [0.25, 0.3) is 0 Å². The fourth-order valence-corrected chi connectivity index (χ4v) is 2.39. The highest BCUT2D eigenvalue weighted by Gasteiger charge is 2.18. The molecule has 1 aliphatic rings. The second-order valence-corrected chi connectivity index (χ2v) is 5.15. The maximum absolute atomic E-state index is 11.4. The Balaban J connectivity index is 1.63. The number of carboxylic acid groups (broad SMARTS) is 1. The van der Waals surface area contributed by atoms with Gasteiger partial charge in [-0.25, -0.2) is 0 Å². The standard InChI is InChI=1S/C17H17NO4/c19-17(20)14(8-12-4-2-1-3-5-12)18-10-13-6-7-15-16(9-13)22-11-21-15/h1-7,9,14,18H,8,10-11H2,(H,19,20)/t14-/m0/s1. The van der Waals surface area contributed by atoms with Crippen LogP contribution < -0.4 is 14.8 Å². The molecule has 0 radical (unpaired) electrons. The molecular formula is C17H17NO4. The predicted octanol–water partition coefficient (Wildman–Crippen LogP) is 2.20. The van der Waals surface area contributed by atoms with Gasteiger partial charge in [-0.15, -0.1) is 0 Å². The average Bonchev–Trinajstić information content (AvgIpc) is 2.99. The topological polar surface area (TPSA) is 67.8 Å². The van der Waals surface area contributed by atoms with Crippen LogP contribution in [0, 0.1) is 0 Å². The lowest BCUT2D eigenvalue weighted by Crippen LogP contribution is -2.38. The van der Waals surface area contributed by atoms with Crippen molar-refractivity contribution in [3.05, 3.63) is 59.7 Å². The van der Waals surface area contributed by atoms with Crippen molar-refractivity contribution in [3.8, 4) is 11.5 Å². The second kappa shape index (κ2) is 6.49. The fourth-order valence-electron chi connectivity index (χ4n) is 2.39. The Morgan fingerprint density at radius 2 is 1.86 bits per heavy atom. The van der Waals surface area contributed by atoms with E-state index in [9.17, 15) is 9.90 Å². The zero-order valence-electron chi connectivity index (χ0n) is 12.0. The van der Waals surface area contributed by atoms with E-state index in [4.69, 9.17) is 9.47 Å². The van der Waals surface area contributed by atoms with Crippen molar-refractivity contribution >= 4 is 5.97 Å². The molecule has 1 aliphatic heterocycles. The van der Waals surface area contributed by atoms with Crippen LogP contribution >= 0.6 is 0 Å². The van der Waals surface area contributed by atoms with E-state index >= 15 is 0 Å². The Bertz CT molecular complexity index is 657. The lowest BCUT2D eigenvalue weighted by Gasteiger charge is -2.15. The van der Waals surface area contributed by atoms with Crippen LogP contribution in [0.1, 0.15) is 11.1 Å². The van der Waals surface area contributed by atoms with E-state index in [0.29, 0.717) is 18.7 Å². The molecule has 0 amide bonds. The van der Waals surface area contributed by atoms with Crippen LogP contribution in [0.2, 0.25) is 0 Å². The van der Waals surface area contributed by atoms with E-state index in [1.165, 1.54) is 0 Å². The van der Waals surface area contributed by atoms with Crippen molar-refractivity contribution in [2.24, 2.45) is 0 Å². The molecular weight excluding hydrogens is 282 g/mol. The third-order valence-corrected chi connectivity index (χ3v) is 3.57. The average molecular weight is 299 g/mol. The highest BCUT2D eigenvalue weighted by molar-refractivity contribution is 5.73. The number of aliphatic carboxylic acids is 1. The van der Waals surface area contributed by atoms with Gasteiger partial charge in [-0.05, 0) is 29.7 Å². The molecule has 0 aliphatic carbocycles. The Hall–Kier alpha value is -2.53. The summed E-state index contributed by atoms with van der Waals surface area (Å²) in [5.74, 6) is 0.571. The Morgan fingerprint density at radius 1 is 1.09 bits per heavy atom. The molecule has 22 heavy (non-hydrogen) atoms. The van der Waals surface area contributed by atoms with E-state index in [0.717, 1.165) is 16.9 Å². The largest absolute Gasteiger partial charge is 0.480 e. The first kappa shape index (κ1) is 14.4. The first-order chi connectivity index (χ1) is 10.7. The van der Waals surface area contributed by atoms with E-state index in [-0.39, 0.29) is 6.79 Å². The molecule has 114 valence electrons. The minimum Gasteiger partial charge on any atom is -0.480 e. The molecule has 1 heterocycles. The van der Waals surface area contributed by atoms with E-state index < -0.39 is 12.0 Å². The van der Waals surface area contributed by atoms with Crippen molar-refractivity contribution in [2.45, 2.75) is 19.0 Å². The Kier molecular flexibility index (Phi) is 4.25. The summed E-state index contributed by atoms with van der Waals surface area (Å²) in [7, 11) is 0. The van der Waals surface area contributed by atoms with E-state index in [1.807, 2.05) is 48.5 Å². The molecule has 0 unspecified atom stereocenters. The van der Waals surface area contributed by atoms with Gasteiger partial charge in [0.1, 0.15) is 6.04 Å². The van der Waals surface area contributed by atoms with Crippen LogP contribution in [0.5, 0.6) is 11.5 Å². The number of benzene rings is 2. The smallest absolute Gasteiger partial charge is 0.321 e. The maximum atomic E-state index is 11.4. The molecule has 3 rings (SSSR count). The Labute approximate surface area is 128 Å². The number of hydrogen-bond acceptors (Lipinski definition) is 4. The first-order valence-electron chi connectivity index (χ1n) is 7.11. The van der Waals surface area contributed by atoms with Crippen molar-refractivity contribution in [3.63, 3.8) is 0 Å². The monoisotopic (exact) mass is 299 g/mol. The van der Waals surface area contributed by atoms with Crippen molar-refractivity contribution in [1.82, 2.24) is 5.32 Å². The number of fused-ring (bicyclic) bond motifs is 1. The fraction of sp³-hybridized carbons (Fsp3) is 0.235. The molecule has 5 nitrogen and oxygen atoms in total. The summed E-state index contributed by atoms with van der Waals surface area (Å²) in [5.41, 5.74) is 1.96. The van der Waals surface area contributed by atoms with Crippen LogP contribution in [-0.4, -0.2) is 23.9 Å². The molecule has 0 fully saturated rings. The van der Waals surface area contributed by atoms with Gasteiger partial charge in [0, 0.05) is 6.54 Å². The number of carboxylic acids is 1. The van der Waals surface area contributed by atoms with Gasteiger partial charge in [0.05, 0.1) is 0 Å². The van der Waals surface area contributed by atoms with Gasteiger partial charge in [-0.2, -0.15) is 0 Å².